The third-order valence-electron chi connectivity index (χ3n) is 1.57. The Morgan fingerprint density at radius 2 is 2.31 bits per heavy atom. The average Bonchev–Trinajstić information content (AvgIpc) is 2.19. The lowest BCUT2D eigenvalue weighted by atomic mass is 10.3. The zero-order chi connectivity index (χ0) is 12.2. The van der Waals surface area contributed by atoms with Crippen molar-refractivity contribution in [3.8, 4) is 5.75 Å². The standard InChI is InChI=1S/C9H11BrClO3PS/c1-2-5-16-15(12,13)14-9-4-3-7(10)6-8(9)11/h3-4,6H,2,5H2,1H3,(H,12,13). The topological polar surface area (TPSA) is 46.5 Å². The van der Waals surface area contributed by atoms with Gasteiger partial charge in [0.15, 0.2) is 0 Å². The van der Waals surface area contributed by atoms with E-state index < -0.39 is 6.80 Å². The molecule has 0 bridgehead atoms. The van der Waals surface area contributed by atoms with Crippen molar-refractivity contribution in [1.29, 1.82) is 0 Å². The van der Waals surface area contributed by atoms with Gasteiger partial charge >= 0.3 is 6.80 Å². The fourth-order valence-electron chi connectivity index (χ4n) is 0.907. The summed E-state index contributed by atoms with van der Waals surface area (Å²) in [5.74, 6) is 0.793. The van der Waals surface area contributed by atoms with Gasteiger partial charge in [0.2, 0.25) is 0 Å². The van der Waals surface area contributed by atoms with Crippen LogP contribution in [0.1, 0.15) is 13.3 Å². The van der Waals surface area contributed by atoms with E-state index in [1.165, 1.54) is 0 Å². The first-order valence-electron chi connectivity index (χ1n) is 4.56. The average molecular weight is 346 g/mol. The highest BCUT2D eigenvalue weighted by Crippen LogP contribution is 2.56. The molecule has 3 nitrogen and oxygen atoms in total. The van der Waals surface area contributed by atoms with E-state index in [1.807, 2.05) is 6.92 Å². The largest absolute Gasteiger partial charge is 0.437 e. The van der Waals surface area contributed by atoms with E-state index in [1.54, 1.807) is 18.2 Å². The van der Waals surface area contributed by atoms with Gasteiger partial charge in [-0.05, 0) is 36.0 Å². The monoisotopic (exact) mass is 344 g/mol. The van der Waals surface area contributed by atoms with E-state index in [0.29, 0.717) is 10.8 Å². The molecular weight excluding hydrogens is 334 g/mol. The number of halogens is 2. The van der Waals surface area contributed by atoms with Crippen LogP contribution >= 0.6 is 45.7 Å². The first-order chi connectivity index (χ1) is 7.44. The highest BCUT2D eigenvalue weighted by atomic mass is 79.9. The molecule has 0 radical (unpaired) electrons. The SMILES string of the molecule is CCCSP(=O)(O)Oc1ccc(Br)cc1Cl. The summed E-state index contributed by atoms with van der Waals surface area (Å²) in [6.45, 7) is -1.73. The van der Waals surface area contributed by atoms with Crippen LogP contribution in [0.25, 0.3) is 0 Å². The van der Waals surface area contributed by atoms with Crippen LogP contribution in [-0.4, -0.2) is 10.6 Å². The van der Waals surface area contributed by atoms with Crippen molar-refractivity contribution in [3.63, 3.8) is 0 Å². The second kappa shape index (κ2) is 6.31. The molecule has 0 aliphatic carbocycles. The minimum atomic E-state index is -3.66. The van der Waals surface area contributed by atoms with Crippen molar-refractivity contribution in [1.82, 2.24) is 0 Å². The van der Waals surface area contributed by atoms with Crippen LogP contribution in [0, 0.1) is 0 Å². The van der Waals surface area contributed by atoms with Gasteiger partial charge in [0, 0.05) is 10.2 Å². The zero-order valence-electron chi connectivity index (χ0n) is 8.52. The van der Waals surface area contributed by atoms with Gasteiger partial charge in [-0.1, -0.05) is 34.5 Å². The lowest BCUT2D eigenvalue weighted by Gasteiger charge is -2.13. The van der Waals surface area contributed by atoms with Crippen LogP contribution in [0.2, 0.25) is 5.02 Å². The number of hydrogen-bond acceptors (Lipinski definition) is 3. The summed E-state index contributed by atoms with van der Waals surface area (Å²) in [6.07, 6.45) is 0.812. The maximum absolute atomic E-state index is 11.6. The molecule has 90 valence electrons. The maximum atomic E-state index is 11.6. The van der Waals surface area contributed by atoms with Gasteiger partial charge in [0.25, 0.3) is 0 Å². The molecule has 0 aliphatic rings. The summed E-state index contributed by atoms with van der Waals surface area (Å²) in [5, 5.41) is 0.306. The van der Waals surface area contributed by atoms with Crippen LogP contribution in [0.4, 0.5) is 0 Å². The minimum absolute atomic E-state index is 0.222. The van der Waals surface area contributed by atoms with Gasteiger partial charge in [-0.15, -0.1) is 0 Å². The van der Waals surface area contributed by atoms with Crippen LogP contribution in [0.15, 0.2) is 22.7 Å². The molecule has 1 unspecified atom stereocenters. The second-order valence-electron chi connectivity index (χ2n) is 2.97. The fourth-order valence-corrected chi connectivity index (χ4v) is 4.18. The van der Waals surface area contributed by atoms with Crippen molar-refractivity contribution in [3.05, 3.63) is 27.7 Å². The molecule has 0 aliphatic heterocycles. The summed E-state index contributed by atoms with van der Waals surface area (Å²) in [5.41, 5.74) is 0. The molecule has 0 aromatic heterocycles. The quantitative estimate of drug-likeness (QED) is 0.784. The summed E-state index contributed by atoms with van der Waals surface area (Å²) >= 11 is 10.0. The molecule has 1 aromatic carbocycles. The second-order valence-corrected chi connectivity index (χ2v) is 8.24. The molecule has 0 spiro atoms. The summed E-state index contributed by atoms with van der Waals surface area (Å²) in [7, 11) is 0. The molecule has 0 saturated carbocycles. The van der Waals surface area contributed by atoms with Crippen LogP contribution < -0.4 is 4.52 Å². The Labute approximate surface area is 112 Å². The predicted molar refractivity (Wildman–Crippen MR) is 72.4 cm³/mol. The van der Waals surface area contributed by atoms with Crippen LogP contribution in [0.3, 0.4) is 0 Å². The van der Waals surface area contributed by atoms with Gasteiger partial charge in [-0.3, -0.25) is 0 Å². The first kappa shape index (κ1) is 14.4. The normalized spacial score (nSPS) is 14.5. The Bertz CT molecular complexity index is 416. The lowest BCUT2D eigenvalue weighted by molar-refractivity contribution is 0.402. The first-order valence-corrected chi connectivity index (χ1v) is 8.90. The summed E-state index contributed by atoms with van der Waals surface area (Å²) in [4.78, 5) is 9.52. The third-order valence-corrected chi connectivity index (χ3v) is 5.45. The molecule has 7 heteroatoms. The predicted octanol–water partition coefficient (Wildman–Crippen LogP) is 4.72. The Balaban J connectivity index is 2.76. The van der Waals surface area contributed by atoms with Crippen molar-refractivity contribution in [2.45, 2.75) is 13.3 Å². The Hall–Kier alpha value is 0.330. The number of benzene rings is 1. The summed E-state index contributed by atoms with van der Waals surface area (Å²) < 4.78 is 17.4. The van der Waals surface area contributed by atoms with Gasteiger partial charge < -0.3 is 9.42 Å². The van der Waals surface area contributed by atoms with Crippen molar-refractivity contribution in [2.75, 3.05) is 5.75 Å². The van der Waals surface area contributed by atoms with E-state index in [9.17, 15) is 9.46 Å². The van der Waals surface area contributed by atoms with E-state index in [2.05, 4.69) is 15.9 Å². The Morgan fingerprint density at radius 3 is 2.88 bits per heavy atom. The highest BCUT2D eigenvalue weighted by molar-refractivity contribution is 9.10. The zero-order valence-corrected chi connectivity index (χ0v) is 12.6. The Morgan fingerprint density at radius 1 is 1.62 bits per heavy atom. The van der Waals surface area contributed by atoms with E-state index in [0.717, 1.165) is 22.3 Å². The molecule has 16 heavy (non-hydrogen) atoms. The van der Waals surface area contributed by atoms with Crippen molar-refractivity contribution >= 4 is 45.7 Å². The third kappa shape index (κ3) is 4.68. The molecule has 0 fully saturated rings. The maximum Gasteiger partial charge on any atom is 0.437 e. The highest BCUT2D eigenvalue weighted by Gasteiger charge is 2.22. The van der Waals surface area contributed by atoms with Gasteiger partial charge in [0.1, 0.15) is 5.75 Å². The molecule has 1 N–H and O–H groups in total. The summed E-state index contributed by atoms with van der Waals surface area (Å²) in [6, 6.07) is 4.87. The smallest absolute Gasteiger partial charge is 0.415 e. The molecule has 0 saturated heterocycles. The van der Waals surface area contributed by atoms with Gasteiger partial charge in [-0.2, -0.15) is 0 Å². The number of rotatable bonds is 5. The minimum Gasteiger partial charge on any atom is -0.415 e. The lowest BCUT2D eigenvalue weighted by Crippen LogP contribution is -1.90. The molecule has 1 aromatic rings. The van der Waals surface area contributed by atoms with Crippen molar-refractivity contribution in [2.24, 2.45) is 0 Å². The van der Waals surface area contributed by atoms with E-state index in [-0.39, 0.29) is 5.75 Å². The molecule has 1 atom stereocenters. The Kier molecular flexibility index (Phi) is 5.68. The molecule has 1 rings (SSSR count). The molecule has 0 heterocycles. The van der Waals surface area contributed by atoms with Crippen LogP contribution in [-0.2, 0) is 4.57 Å². The molecule has 0 amide bonds. The molecular formula is C9H11BrClO3PS. The van der Waals surface area contributed by atoms with Gasteiger partial charge in [-0.25, -0.2) is 4.57 Å². The fraction of sp³-hybridized carbons (Fsp3) is 0.333. The van der Waals surface area contributed by atoms with Gasteiger partial charge in [0.05, 0.1) is 5.02 Å². The number of hydrogen-bond donors (Lipinski definition) is 1. The van der Waals surface area contributed by atoms with Crippen molar-refractivity contribution < 1.29 is 14.0 Å². The van der Waals surface area contributed by atoms with Crippen LogP contribution in [0.5, 0.6) is 5.75 Å². The van der Waals surface area contributed by atoms with E-state index in [4.69, 9.17) is 16.1 Å². The van der Waals surface area contributed by atoms with E-state index >= 15 is 0 Å².